The highest BCUT2D eigenvalue weighted by Gasteiger charge is 2.21. The lowest BCUT2D eigenvalue weighted by molar-refractivity contribution is 0.0683. The highest BCUT2D eigenvalue weighted by Crippen LogP contribution is 2.17. The summed E-state index contributed by atoms with van der Waals surface area (Å²) in [6.07, 6.45) is 1.94. The van der Waals surface area contributed by atoms with Gasteiger partial charge in [0.15, 0.2) is 0 Å². The maximum atomic E-state index is 12.5. The van der Waals surface area contributed by atoms with Crippen LogP contribution in [0.3, 0.4) is 0 Å². The second-order valence-electron chi connectivity index (χ2n) is 4.17. The van der Waals surface area contributed by atoms with Crippen molar-refractivity contribution in [1.82, 2.24) is 4.90 Å². The number of benzene rings is 1. The molecule has 0 atom stereocenters. The van der Waals surface area contributed by atoms with E-state index in [1.807, 2.05) is 17.0 Å². The molecule has 0 aliphatic rings. The zero-order valence-corrected chi connectivity index (χ0v) is 13.2. The van der Waals surface area contributed by atoms with E-state index in [9.17, 15) is 4.79 Å². The van der Waals surface area contributed by atoms with Crippen molar-refractivity contribution in [2.75, 3.05) is 11.9 Å². The van der Waals surface area contributed by atoms with Crippen LogP contribution in [-0.4, -0.2) is 28.7 Å². The minimum atomic E-state index is 0.0608. The highest BCUT2D eigenvalue weighted by molar-refractivity contribution is 9.09. The van der Waals surface area contributed by atoms with Crippen molar-refractivity contribution in [3.8, 4) is 0 Å². The van der Waals surface area contributed by atoms with E-state index < -0.39 is 0 Å². The molecule has 0 unspecified atom stereocenters. The maximum Gasteiger partial charge on any atom is 0.254 e. The van der Waals surface area contributed by atoms with Crippen LogP contribution in [-0.2, 0) is 0 Å². The third-order valence-corrected chi connectivity index (χ3v) is 3.63. The number of nitrogens with zero attached hydrogens (tertiary/aromatic N) is 1. The number of halogens is 2. The van der Waals surface area contributed by atoms with Gasteiger partial charge in [-0.3, -0.25) is 4.79 Å². The van der Waals surface area contributed by atoms with Crippen molar-refractivity contribution >= 4 is 33.4 Å². The molecule has 1 rings (SSSR count). The van der Waals surface area contributed by atoms with E-state index in [0.717, 1.165) is 24.7 Å². The van der Waals surface area contributed by atoms with E-state index in [4.69, 9.17) is 11.6 Å². The molecule has 0 saturated heterocycles. The van der Waals surface area contributed by atoms with Crippen molar-refractivity contribution in [2.24, 2.45) is 0 Å². The molecule has 100 valence electrons. The van der Waals surface area contributed by atoms with Gasteiger partial charge in [-0.15, -0.1) is 0 Å². The van der Waals surface area contributed by atoms with Gasteiger partial charge in [0.05, 0.1) is 0 Å². The fraction of sp³-hybridized carbons (Fsp3) is 0.500. The number of hydrogen-bond donors (Lipinski definition) is 0. The lowest BCUT2D eigenvalue weighted by Crippen LogP contribution is -2.41. The SMILES string of the molecule is CCC(CC)N(CCBr)C(=O)c1cccc(Cl)c1. The molecule has 0 bridgehead atoms. The molecule has 1 amide bonds. The molecule has 4 heteroatoms. The number of alkyl halides is 1. The fourth-order valence-corrected chi connectivity index (χ4v) is 2.63. The Morgan fingerprint density at radius 2 is 2.06 bits per heavy atom. The summed E-state index contributed by atoms with van der Waals surface area (Å²) < 4.78 is 0. The lowest BCUT2D eigenvalue weighted by Gasteiger charge is -2.30. The van der Waals surface area contributed by atoms with Gasteiger partial charge in [0.2, 0.25) is 0 Å². The molecular formula is C14H19BrClNO. The third kappa shape index (κ3) is 3.99. The number of hydrogen-bond acceptors (Lipinski definition) is 1. The molecule has 0 fully saturated rings. The second kappa shape index (κ2) is 7.80. The van der Waals surface area contributed by atoms with E-state index in [1.54, 1.807) is 12.1 Å². The average Bonchev–Trinajstić information content (AvgIpc) is 2.38. The van der Waals surface area contributed by atoms with Crippen molar-refractivity contribution in [3.63, 3.8) is 0 Å². The predicted molar refractivity (Wildman–Crippen MR) is 80.7 cm³/mol. The molecular weight excluding hydrogens is 314 g/mol. The van der Waals surface area contributed by atoms with Gasteiger partial charge >= 0.3 is 0 Å². The number of rotatable bonds is 6. The van der Waals surface area contributed by atoms with E-state index in [-0.39, 0.29) is 11.9 Å². The Labute approximate surface area is 122 Å². The van der Waals surface area contributed by atoms with Crippen LogP contribution in [0.1, 0.15) is 37.0 Å². The van der Waals surface area contributed by atoms with E-state index in [1.165, 1.54) is 0 Å². The van der Waals surface area contributed by atoms with Crippen LogP contribution in [0.15, 0.2) is 24.3 Å². The van der Waals surface area contributed by atoms with Gasteiger partial charge in [0.25, 0.3) is 5.91 Å². The van der Waals surface area contributed by atoms with E-state index in [0.29, 0.717) is 10.6 Å². The smallest absolute Gasteiger partial charge is 0.254 e. The van der Waals surface area contributed by atoms with E-state index in [2.05, 4.69) is 29.8 Å². The molecule has 0 radical (unpaired) electrons. The Morgan fingerprint density at radius 3 is 2.56 bits per heavy atom. The number of amides is 1. The Balaban J connectivity index is 2.95. The average molecular weight is 333 g/mol. The van der Waals surface area contributed by atoms with Gasteiger partial charge in [-0.2, -0.15) is 0 Å². The van der Waals surface area contributed by atoms with Gasteiger partial charge in [0, 0.05) is 28.5 Å². The van der Waals surface area contributed by atoms with Crippen LogP contribution < -0.4 is 0 Å². The summed E-state index contributed by atoms with van der Waals surface area (Å²) in [5.74, 6) is 0.0608. The Morgan fingerprint density at radius 1 is 1.39 bits per heavy atom. The minimum Gasteiger partial charge on any atom is -0.335 e. The molecule has 0 heterocycles. The largest absolute Gasteiger partial charge is 0.335 e. The number of carbonyl (C=O) groups is 1. The third-order valence-electron chi connectivity index (χ3n) is 3.04. The highest BCUT2D eigenvalue weighted by atomic mass is 79.9. The quantitative estimate of drug-likeness (QED) is 0.709. The van der Waals surface area contributed by atoms with Crippen molar-refractivity contribution in [1.29, 1.82) is 0 Å². The molecule has 0 aliphatic heterocycles. The fourth-order valence-electron chi connectivity index (χ4n) is 2.06. The summed E-state index contributed by atoms with van der Waals surface area (Å²) >= 11 is 9.35. The van der Waals surface area contributed by atoms with Crippen LogP contribution in [0.5, 0.6) is 0 Å². The van der Waals surface area contributed by atoms with Crippen LogP contribution >= 0.6 is 27.5 Å². The maximum absolute atomic E-state index is 12.5. The Kier molecular flexibility index (Phi) is 6.72. The van der Waals surface area contributed by atoms with Crippen LogP contribution in [0.2, 0.25) is 5.02 Å². The normalized spacial score (nSPS) is 10.7. The minimum absolute atomic E-state index is 0.0608. The molecule has 0 N–H and O–H groups in total. The first-order valence-corrected chi connectivity index (χ1v) is 7.76. The first kappa shape index (κ1) is 15.5. The molecule has 0 saturated carbocycles. The van der Waals surface area contributed by atoms with Gasteiger partial charge < -0.3 is 4.90 Å². The molecule has 2 nitrogen and oxygen atoms in total. The van der Waals surface area contributed by atoms with Crippen LogP contribution in [0, 0.1) is 0 Å². The molecule has 18 heavy (non-hydrogen) atoms. The van der Waals surface area contributed by atoms with Gasteiger partial charge in [-0.25, -0.2) is 0 Å². The molecule has 0 spiro atoms. The Bertz CT molecular complexity index is 393. The van der Waals surface area contributed by atoms with Crippen molar-refractivity contribution in [3.05, 3.63) is 34.9 Å². The van der Waals surface area contributed by atoms with Crippen molar-refractivity contribution in [2.45, 2.75) is 32.7 Å². The zero-order chi connectivity index (χ0) is 13.5. The first-order chi connectivity index (χ1) is 8.63. The van der Waals surface area contributed by atoms with Gasteiger partial charge in [-0.1, -0.05) is 47.4 Å². The summed E-state index contributed by atoms with van der Waals surface area (Å²) in [5, 5.41) is 1.39. The van der Waals surface area contributed by atoms with E-state index >= 15 is 0 Å². The summed E-state index contributed by atoms with van der Waals surface area (Å²) in [4.78, 5) is 14.4. The van der Waals surface area contributed by atoms with Gasteiger partial charge in [0.1, 0.15) is 0 Å². The molecule has 0 aromatic heterocycles. The Hall–Kier alpha value is -0.540. The topological polar surface area (TPSA) is 20.3 Å². The number of carbonyl (C=O) groups excluding carboxylic acids is 1. The molecule has 0 aliphatic carbocycles. The summed E-state index contributed by atoms with van der Waals surface area (Å²) in [7, 11) is 0. The summed E-state index contributed by atoms with van der Waals surface area (Å²) in [6, 6.07) is 7.43. The summed E-state index contributed by atoms with van der Waals surface area (Å²) in [6.45, 7) is 4.94. The molecule has 1 aromatic rings. The zero-order valence-electron chi connectivity index (χ0n) is 10.8. The van der Waals surface area contributed by atoms with Crippen LogP contribution in [0.4, 0.5) is 0 Å². The first-order valence-electron chi connectivity index (χ1n) is 6.26. The van der Waals surface area contributed by atoms with Crippen LogP contribution in [0.25, 0.3) is 0 Å². The molecule has 1 aromatic carbocycles. The second-order valence-corrected chi connectivity index (χ2v) is 5.40. The standard InChI is InChI=1S/C14H19BrClNO/c1-3-13(4-2)17(9-8-15)14(18)11-6-5-7-12(16)10-11/h5-7,10,13H,3-4,8-9H2,1-2H3. The van der Waals surface area contributed by atoms with Gasteiger partial charge in [-0.05, 0) is 31.0 Å². The predicted octanol–water partition coefficient (Wildman–Crippen LogP) is 4.37. The van der Waals surface area contributed by atoms with Crippen molar-refractivity contribution < 1.29 is 4.79 Å². The summed E-state index contributed by atoms with van der Waals surface area (Å²) in [5.41, 5.74) is 0.662. The monoisotopic (exact) mass is 331 g/mol. The lowest BCUT2D eigenvalue weighted by atomic mass is 10.1.